The zero-order chi connectivity index (χ0) is 22.7. The molecule has 8 heteroatoms. The van der Waals surface area contributed by atoms with Gasteiger partial charge in [-0.25, -0.2) is 9.97 Å². The molecule has 0 saturated carbocycles. The predicted octanol–water partition coefficient (Wildman–Crippen LogP) is 4.11. The van der Waals surface area contributed by atoms with Gasteiger partial charge in [-0.2, -0.15) is 4.98 Å². The normalized spacial score (nSPS) is 11.5. The van der Waals surface area contributed by atoms with Gasteiger partial charge < -0.3 is 9.84 Å². The molecule has 0 spiro atoms. The summed E-state index contributed by atoms with van der Waals surface area (Å²) in [6.07, 6.45) is 5.86. The Hall–Kier alpha value is -3.81. The Morgan fingerprint density at radius 2 is 1.84 bits per heavy atom. The van der Waals surface area contributed by atoms with E-state index < -0.39 is 0 Å². The maximum absolute atomic E-state index is 12.5. The Balaban J connectivity index is 1.46. The van der Waals surface area contributed by atoms with Crippen molar-refractivity contribution in [1.82, 2.24) is 30.0 Å². The first-order valence-electron chi connectivity index (χ1n) is 10.5. The molecule has 1 N–H and O–H groups in total. The third-order valence-corrected chi connectivity index (χ3v) is 5.05. The van der Waals surface area contributed by atoms with Crippen LogP contribution in [0.3, 0.4) is 0 Å². The van der Waals surface area contributed by atoms with Crippen molar-refractivity contribution >= 4 is 5.91 Å². The van der Waals surface area contributed by atoms with Crippen molar-refractivity contribution < 1.29 is 9.32 Å². The molecule has 0 atom stereocenters. The van der Waals surface area contributed by atoms with Gasteiger partial charge in [0, 0.05) is 29.9 Å². The molecule has 3 aromatic heterocycles. The second-order valence-corrected chi connectivity index (χ2v) is 8.59. The summed E-state index contributed by atoms with van der Waals surface area (Å²) in [4.78, 5) is 25.6. The van der Waals surface area contributed by atoms with Gasteiger partial charge in [-0.15, -0.1) is 0 Å². The van der Waals surface area contributed by atoms with Gasteiger partial charge in [0.2, 0.25) is 0 Å². The average Bonchev–Trinajstić information content (AvgIpc) is 3.48. The second kappa shape index (κ2) is 8.74. The highest BCUT2D eigenvalue weighted by molar-refractivity contribution is 5.92. The Morgan fingerprint density at radius 3 is 2.53 bits per heavy atom. The van der Waals surface area contributed by atoms with E-state index in [9.17, 15) is 4.79 Å². The van der Waals surface area contributed by atoms with Gasteiger partial charge in [-0.3, -0.25) is 9.36 Å². The number of nitrogens with zero attached hydrogens (tertiary/aromatic N) is 5. The first kappa shape index (κ1) is 21.4. The molecule has 164 valence electrons. The maximum Gasteiger partial charge on any atom is 0.271 e. The Labute approximate surface area is 186 Å². The number of benzene rings is 1. The number of hydrogen-bond acceptors (Lipinski definition) is 6. The molecule has 3 heterocycles. The van der Waals surface area contributed by atoms with Crippen molar-refractivity contribution in [2.24, 2.45) is 0 Å². The minimum atomic E-state index is -0.244. The zero-order valence-electron chi connectivity index (χ0n) is 18.7. The standard InChI is InChI=1S/C24H26N6O2/c1-5-16-6-8-17(9-7-16)13-26-21(31)19-14-30(15-27-19)20-12-18(10-11-25-20)22-28-23(29-32-22)24(2,3)4/h6-12,14-15H,5,13H2,1-4H3,(H,26,31). The van der Waals surface area contributed by atoms with Gasteiger partial charge in [0.25, 0.3) is 11.8 Å². The van der Waals surface area contributed by atoms with E-state index in [1.54, 1.807) is 29.4 Å². The fourth-order valence-corrected chi connectivity index (χ4v) is 3.07. The van der Waals surface area contributed by atoms with Gasteiger partial charge in [0.05, 0.1) is 0 Å². The largest absolute Gasteiger partial charge is 0.347 e. The van der Waals surface area contributed by atoms with Crippen LogP contribution in [0.5, 0.6) is 0 Å². The van der Waals surface area contributed by atoms with Crippen LogP contribution in [0, 0.1) is 0 Å². The minimum Gasteiger partial charge on any atom is -0.347 e. The van der Waals surface area contributed by atoms with Crippen LogP contribution in [0.25, 0.3) is 17.3 Å². The van der Waals surface area contributed by atoms with Gasteiger partial charge in [-0.05, 0) is 29.7 Å². The number of hydrogen-bond donors (Lipinski definition) is 1. The van der Waals surface area contributed by atoms with E-state index in [1.165, 1.54) is 5.56 Å². The Kier molecular flexibility index (Phi) is 5.85. The Bertz CT molecular complexity index is 1220. The summed E-state index contributed by atoms with van der Waals surface area (Å²) in [5, 5.41) is 6.97. The third kappa shape index (κ3) is 4.74. The lowest BCUT2D eigenvalue weighted by Gasteiger charge is -2.10. The van der Waals surface area contributed by atoms with E-state index in [0.717, 1.165) is 17.5 Å². The summed E-state index contributed by atoms with van der Waals surface area (Å²) in [5.41, 5.74) is 3.16. The number of nitrogens with one attached hydrogen (secondary N) is 1. The van der Waals surface area contributed by atoms with Crippen molar-refractivity contribution in [2.45, 2.75) is 46.1 Å². The summed E-state index contributed by atoms with van der Waals surface area (Å²) >= 11 is 0. The molecule has 4 aromatic rings. The summed E-state index contributed by atoms with van der Waals surface area (Å²) in [6, 6.07) is 11.8. The van der Waals surface area contributed by atoms with Crippen LogP contribution < -0.4 is 5.32 Å². The molecule has 0 aliphatic heterocycles. The molecule has 0 bridgehead atoms. The molecule has 1 aromatic carbocycles. The molecule has 0 saturated heterocycles. The van der Waals surface area contributed by atoms with Crippen LogP contribution >= 0.6 is 0 Å². The van der Waals surface area contributed by atoms with E-state index in [4.69, 9.17) is 4.52 Å². The smallest absolute Gasteiger partial charge is 0.271 e. The molecule has 0 aliphatic rings. The van der Waals surface area contributed by atoms with Gasteiger partial charge in [0.15, 0.2) is 5.82 Å². The minimum absolute atomic E-state index is 0.206. The van der Waals surface area contributed by atoms with Crippen LogP contribution in [-0.2, 0) is 18.4 Å². The summed E-state index contributed by atoms with van der Waals surface area (Å²) < 4.78 is 7.11. The number of rotatable bonds is 6. The monoisotopic (exact) mass is 430 g/mol. The summed E-state index contributed by atoms with van der Waals surface area (Å²) in [6.45, 7) is 8.63. The molecule has 0 fully saturated rings. The maximum atomic E-state index is 12.5. The average molecular weight is 431 g/mol. The first-order chi connectivity index (χ1) is 15.3. The number of amides is 1. The molecular weight excluding hydrogens is 404 g/mol. The lowest BCUT2D eigenvalue weighted by atomic mass is 9.96. The van der Waals surface area contributed by atoms with Crippen LogP contribution in [0.4, 0.5) is 0 Å². The number of carbonyl (C=O) groups excluding carboxylic acids is 1. The fourth-order valence-electron chi connectivity index (χ4n) is 3.07. The molecule has 32 heavy (non-hydrogen) atoms. The van der Waals surface area contributed by atoms with E-state index in [-0.39, 0.29) is 11.3 Å². The van der Waals surface area contributed by atoms with Gasteiger partial charge in [0.1, 0.15) is 17.8 Å². The quantitative estimate of drug-likeness (QED) is 0.494. The molecule has 8 nitrogen and oxygen atoms in total. The number of aryl methyl sites for hydroxylation is 1. The van der Waals surface area contributed by atoms with Crippen molar-refractivity contribution in [1.29, 1.82) is 0 Å². The zero-order valence-corrected chi connectivity index (χ0v) is 18.7. The highest BCUT2D eigenvalue weighted by Crippen LogP contribution is 2.24. The lowest BCUT2D eigenvalue weighted by molar-refractivity contribution is 0.0946. The second-order valence-electron chi connectivity index (χ2n) is 8.59. The first-order valence-corrected chi connectivity index (χ1v) is 10.5. The highest BCUT2D eigenvalue weighted by atomic mass is 16.5. The SMILES string of the molecule is CCc1ccc(CNC(=O)c2cn(-c3cc(-c4nc(C(C)(C)C)no4)ccn3)cn2)cc1. The van der Waals surface area contributed by atoms with Crippen molar-refractivity contribution in [3.63, 3.8) is 0 Å². The van der Waals surface area contributed by atoms with E-state index in [2.05, 4.69) is 44.5 Å². The number of carbonyl (C=O) groups is 1. The predicted molar refractivity (Wildman–Crippen MR) is 120 cm³/mol. The van der Waals surface area contributed by atoms with Crippen LogP contribution in [-0.4, -0.2) is 30.6 Å². The van der Waals surface area contributed by atoms with Gasteiger partial charge in [-0.1, -0.05) is 57.1 Å². The topological polar surface area (TPSA) is 98.7 Å². The van der Waals surface area contributed by atoms with Crippen molar-refractivity contribution in [3.8, 4) is 17.3 Å². The molecule has 4 rings (SSSR count). The van der Waals surface area contributed by atoms with E-state index >= 15 is 0 Å². The van der Waals surface area contributed by atoms with E-state index in [0.29, 0.717) is 29.8 Å². The molecular formula is C24H26N6O2. The molecule has 0 unspecified atom stereocenters. The fraction of sp³-hybridized carbons (Fsp3) is 0.292. The highest BCUT2D eigenvalue weighted by Gasteiger charge is 2.21. The van der Waals surface area contributed by atoms with Crippen molar-refractivity contribution in [3.05, 3.63) is 77.8 Å². The van der Waals surface area contributed by atoms with Crippen LogP contribution in [0.15, 0.2) is 59.6 Å². The Morgan fingerprint density at radius 1 is 1.09 bits per heavy atom. The summed E-state index contributed by atoms with van der Waals surface area (Å²) in [5.74, 6) is 1.41. The molecule has 0 radical (unpaired) electrons. The number of aromatic nitrogens is 5. The summed E-state index contributed by atoms with van der Waals surface area (Å²) in [7, 11) is 0. The third-order valence-electron chi connectivity index (χ3n) is 5.05. The van der Waals surface area contributed by atoms with Crippen molar-refractivity contribution in [2.75, 3.05) is 0 Å². The molecule has 0 aliphatic carbocycles. The molecule has 1 amide bonds. The number of pyridine rings is 1. The number of imidazole rings is 1. The van der Waals surface area contributed by atoms with Crippen LogP contribution in [0.1, 0.15) is 55.1 Å². The van der Waals surface area contributed by atoms with Gasteiger partial charge >= 0.3 is 0 Å². The van der Waals surface area contributed by atoms with Crippen LogP contribution in [0.2, 0.25) is 0 Å². The van der Waals surface area contributed by atoms with E-state index in [1.807, 2.05) is 39.0 Å². The lowest BCUT2D eigenvalue weighted by Crippen LogP contribution is -2.23.